The van der Waals surface area contributed by atoms with Crippen molar-refractivity contribution in [3.8, 4) is 0 Å². The van der Waals surface area contributed by atoms with Gasteiger partial charge in [-0.1, -0.05) is 0 Å². The van der Waals surface area contributed by atoms with Crippen LogP contribution in [-0.4, -0.2) is 23.7 Å². The molecule has 0 spiro atoms. The van der Waals surface area contributed by atoms with Crippen molar-refractivity contribution in [1.29, 1.82) is 0 Å². The van der Waals surface area contributed by atoms with Crippen molar-refractivity contribution in [3.05, 3.63) is 16.6 Å². The summed E-state index contributed by atoms with van der Waals surface area (Å²) in [6, 6.07) is 0.717. The largest absolute Gasteiger partial charge is 0.378 e. The Bertz CT molecular complexity index is 346. The highest BCUT2D eigenvalue weighted by molar-refractivity contribution is 7.09. The van der Waals surface area contributed by atoms with Crippen LogP contribution in [0.3, 0.4) is 0 Å². The van der Waals surface area contributed by atoms with Gasteiger partial charge in [-0.15, -0.1) is 11.3 Å². The number of nitrogens with zero attached hydrogens (tertiary/aromatic N) is 1. The predicted molar refractivity (Wildman–Crippen MR) is 64.6 cm³/mol. The molecule has 1 N–H and O–H groups in total. The summed E-state index contributed by atoms with van der Waals surface area (Å²) in [4.78, 5) is 4.53. The minimum absolute atomic E-state index is 0.0903. The van der Waals surface area contributed by atoms with Crippen molar-refractivity contribution < 1.29 is 4.74 Å². The number of thiazole rings is 1. The summed E-state index contributed by atoms with van der Waals surface area (Å²) in [5.74, 6) is 0. The van der Waals surface area contributed by atoms with Gasteiger partial charge in [0.25, 0.3) is 0 Å². The molecule has 0 radical (unpaired) electrons. The van der Waals surface area contributed by atoms with Crippen LogP contribution in [0.2, 0.25) is 0 Å². The Labute approximate surface area is 100 Å². The zero-order chi connectivity index (χ0) is 11.0. The average Bonchev–Trinajstić information content (AvgIpc) is 2.90. The minimum Gasteiger partial charge on any atom is -0.378 e. The molecule has 1 saturated carbocycles. The zero-order valence-corrected chi connectivity index (χ0v) is 10.4. The minimum atomic E-state index is 0.0903. The van der Waals surface area contributed by atoms with Gasteiger partial charge in [-0.2, -0.15) is 0 Å². The van der Waals surface area contributed by atoms with Gasteiger partial charge in [0, 0.05) is 24.2 Å². The SMILES string of the molecule is CC1CC(NC2CC2)(c2nccs2)CCO1. The first-order valence-electron chi connectivity index (χ1n) is 6.08. The molecule has 1 aromatic rings. The van der Waals surface area contributed by atoms with Gasteiger partial charge in [0.15, 0.2) is 0 Å². The summed E-state index contributed by atoms with van der Waals surface area (Å²) in [6.45, 7) is 3.01. The van der Waals surface area contributed by atoms with Crippen LogP contribution in [0.15, 0.2) is 11.6 Å². The van der Waals surface area contributed by atoms with Crippen molar-refractivity contribution in [1.82, 2.24) is 10.3 Å². The van der Waals surface area contributed by atoms with E-state index in [2.05, 4.69) is 22.6 Å². The molecule has 0 bridgehead atoms. The molecule has 2 atom stereocenters. The molecule has 2 aliphatic rings. The van der Waals surface area contributed by atoms with E-state index < -0.39 is 0 Å². The van der Waals surface area contributed by atoms with Gasteiger partial charge in [0.1, 0.15) is 5.01 Å². The van der Waals surface area contributed by atoms with E-state index in [4.69, 9.17) is 4.74 Å². The summed E-state index contributed by atoms with van der Waals surface area (Å²) in [7, 11) is 0. The molecule has 1 aliphatic heterocycles. The highest BCUT2D eigenvalue weighted by Crippen LogP contribution is 2.38. The maximum Gasteiger partial charge on any atom is 0.113 e. The van der Waals surface area contributed by atoms with E-state index >= 15 is 0 Å². The highest BCUT2D eigenvalue weighted by Gasteiger charge is 2.42. The quantitative estimate of drug-likeness (QED) is 0.877. The Morgan fingerprint density at radius 2 is 2.44 bits per heavy atom. The van der Waals surface area contributed by atoms with E-state index in [0.717, 1.165) is 19.4 Å². The van der Waals surface area contributed by atoms with Crippen LogP contribution < -0.4 is 5.32 Å². The molecule has 3 nitrogen and oxygen atoms in total. The summed E-state index contributed by atoms with van der Waals surface area (Å²) >= 11 is 1.77. The molecule has 0 aromatic carbocycles. The van der Waals surface area contributed by atoms with Crippen LogP contribution in [0, 0.1) is 0 Å². The monoisotopic (exact) mass is 238 g/mol. The van der Waals surface area contributed by atoms with Gasteiger partial charge in [-0.3, -0.25) is 0 Å². The van der Waals surface area contributed by atoms with Crippen LogP contribution in [0.4, 0.5) is 0 Å². The third-order valence-corrected chi connectivity index (χ3v) is 4.44. The van der Waals surface area contributed by atoms with Gasteiger partial charge < -0.3 is 10.1 Å². The lowest BCUT2D eigenvalue weighted by Crippen LogP contribution is -2.49. The van der Waals surface area contributed by atoms with Crippen LogP contribution in [0.25, 0.3) is 0 Å². The molecule has 88 valence electrons. The molecule has 3 rings (SSSR count). The van der Waals surface area contributed by atoms with Crippen LogP contribution in [0.5, 0.6) is 0 Å². The van der Waals surface area contributed by atoms with Gasteiger partial charge >= 0.3 is 0 Å². The molecular weight excluding hydrogens is 220 g/mol. The lowest BCUT2D eigenvalue weighted by atomic mass is 9.87. The van der Waals surface area contributed by atoms with E-state index in [1.165, 1.54) is 17.8 Å². The molecule has 1 aliphatic carbocycles. The first-order valence-corrected chi connectivity index (χ1v) is 6.96. The van der Waals surface area contributed by atoms with Crippen LogP contribution in [0.1, 0.15) is 37.6 Å². The van der Waals surface area contributed by atoms with Gasteiger partial charge in [0.05, 0.1) is 11.6 Å². The van der Waals surface area contributed by atoms with E-state index in [-0.39, 0.29) is 5.54 Å². The molecule has 2 heterocycles. The summed E-state index contributed by atoms with van der Waals surface area (Å²) in [5.41, 5.74) is 0.0903. The molecule has 1 saturated heterocycles. The van der Waals surface area contributed by atoms with Crippen molar-refractivity contribution in [2.45, 2.75) is 50.3 Å². The second-order valence-electron chi connectivity index (χ2n) is 4.97. The molecule has 2 fully saturated rings. The number of ether oxygens (including phenoxy) is 1. The fourth-order valence-electron chi connectivity index (χ4n) is 2.55. The fraction of sp³-hybridized carbons (Fsp3) is 0.750. The second-order valence-corrected chi connectivity index (χ2v) is 5.87. The summed E-state index contributed by atoms with van der Waals surface area (Å²) in [5, 5.41) is 7.13. The number of rotatable bonds is 3. The molecule has 16 heavy (non-hydrogen) atoms. The Morgan fingerprint density at radius 1 is 1.56 bits per heavy atom. The van der Waals surface area contributed by atoms with Crippen molar-refractivity contribution >= 4 is 11.3 Å². The van der Waals surface area contributed by atoms with Crippen LogP contribution in [-0.2, 0) is 10.3 Å². The first-order chi connectivity index (χ1) is 7.78. The Hall–Kier alpha value is -0.450. The smallest absolute Gasteiger partial charge is 0.113 e. The van der Waals surface area contributed by atoms with Gasteiger partial charge in [-0.25, -0.2) is 4.98 Å². The Balaban J connectivity index is 1.86. The number of hydrogen-bond acceptors (Lipinski definition) is 4. The molecule has 0 amide bonds. The zero-order valence-electron chi connectivity index (χ0n) is 9.61. The van der Waals surface area contributed by atoms with Crippen LogP contribution >= 0.6 is 11.3 Å². The lowest BCUT2D eigenvalue weighted by molar-refractivity contribution is -0.0213. The Morgan fingerprint density at radius 3 is 3.06 bits per heavy atom. The molecule has 4 heteroatoms. The molecule has 2 unspecified atom stereocenters. The number of nitrogens with one attached hydrogen (secondary N) is 1. The third kappa shape index (κ3) is 2.01. The lowest BCUT2D eigenvalue weighted by Gasteiger charge is -2.39. The summed E-state index contributed by atoms with van der Waals surface area (Å²) < 4.78 is 5.67. The summed E-state index contributed by atoms with van der Waals surface area (Å²) in [6.07, 6.45) is 7.00. The average molecular weight is 238 g/mol. The van der Waals surface area contributed by atoms with Crippen molar-refractivity contribution in [2.24, 2.45) is 0 Å². The first kappa shape index (κ1) is 10.7. The fourth-order valence-corrected chi connectivity index (χ4v) is 3.39. The van der Waals surface area contributed by atoms with E-state index in [1.807, 2.05) is 6.20 Å². The van der Waals surface area contributed by atoms with Gasteiger partial charge in [-0.05, 0) is 32.6 Å². The molecular formula is C12H18N2OS. The van der Waals surface area contributed by atoms with Crippen molar-refractivity contribution in [3.63, 3.8) is 0 Å². The number of hydrogen-bond donors (Lipinski definition) is 1. The van der Waals surface area contributed by atoms with E-state index in [9.17, 15) is 0 Å². The normalized spacial score (nSPS) is 35.2. The van der Waals surface area contributed by atoms with Crippen molar-refractivity contribution in [2.75, 3.05) is 6.61 Å². The predicted octanol–water partition coefficient (Wildman–Crippen LogP) is 2.29. The standard InChI is InChI=1S/C12H18N2OS/c1-9-8-12(4-6-15-9,14-10-2-3-10)11-13-5-7-16-11/h5,7,9-10,14H,2-4,6,8H2,1H3. The molecule has 1 aromatic heterocycles. The third-order valence-electron chi connectivity index (χ3n) is 3.47. The van der Waals surface area contributed by atoms with E-state index in [1.54, 1.807) is 11.3 Å². The maximum atomic E-state index is 5.67. The number of aromatic nitrogens is 1. The van der Waals surface area contributed by atoms with Gasteiger partial charge in [0.2, 0.25) is 0 Å². The van der Waals surface area contributed by atoms with E-state index in [0.29, 0.717) is 12.1 Å². The second kappa shape index (κ2) is 4.09. The maximum absolute atomic E-state index is 5.67. The topological polar surface area (TPSA) is 34.2 Å². The Kier molecular flexibility index (Phi) is 2.73. The highest BCUT2D eigenvalue weighted by atomic mass is 32.1.